The minimum atomic E-state index is 0.161. The van der Waals surface area contributed by atoms with E-state index in [1.165, 1.54) is 60.8 Å². The summed E-state index contributed by atoms with van der Waals surface area (Å²) in [6, 6.07) is 0.379. The highest BCUT2D eigenvalue weighted by molar-refractivity contribution is 8.00. The Morgan fingerprint density at radius 2 is 1.96 bits per heavy atom. The number of aromatic nitrogens is 2. The third-order valence-corrected chi connectivity index (χ3v) is 8.52. The molecule has 0 radical (unpaired) electrons. The van der Waals surface area contributed by atoms with E-state index in [9.17, 15) is 4.79 Å². The molecule has 2 heterocycles. The first-order chi connectivity index (χ1) is 13.7. The molecule has 2 aromatic rings. The van der Waals surface area contributed by atoms with Crippen LogP contribution in [0.3, 0.4) is 0 Å². The summed E-state index contributed by atoms with van der Waals surface area (Å²) in [5, 5.41) is 5.56. The van der Waals surface area contributed by atoms with Gasteiger partial charge in [-0.3, -0.25) is 4.79 Å². The third-order valence-electron chi connectivity index (χ3n) is 6.39. The van der Waals surface area contributed by atoms with E-state index in [1.54, 1.807) is 11.8 Å². The molecule has 2 fully saturated rings. The number of fused-ring (bicyclic) bond motifs is 3. The van der Waals surface area contributed by atoms with Gasteiger partial charge in [0.05, 0.1) is 5.75 Å². The van der Waals surface area contributed by atoms with Crippen molar-refractivity contribution in [2.24, 2.45) is 5.92 Å². The summed E-state index contributed by atoms with van der Waals surface area (Å²) in [5.74, 6) is 2.93. The van der Waals surface area contributed by atoms with Gasteiger partial charge in [-0.05, 0) is 56.4 Å². The Bertz CT molecular complexity index is 884. The van der Waals surface area contributed by atoms with Gasteiger partial charge in [-0.2, -0.15) is 0 Å². The second-order valence-electron chi connectivity index (χ2n) is 8.88. The monoisotopic (exact) mass is 415 g/mol. The number of carbonyl (C=O) groups excluding carboxylic acids is 1. The van der Waals surface area contributed by atoms with E-state index in [0.717, 1.165) is 40.9 Å². The van der Waals surface area contributed by atoms with E-state index < -0.39 is 0 Å². The molecule has 0 aromatic carbocycles. The summed E-state index contributed by atoms with van der Waals surface area (Å²) in [6.45, 7) is 2.35. The molecule has 4 nitrogen and oxygen atoms in total. The fourth-order valence-electron chi connectivity index (χ4n) is 4.60. The molecular formula is C22H29N3OS2. The molecule has 150 valence electrons. The van der Waals surface area contributed by atoms with Crippen molar-refractivity contribution in [1.82, 2.24) is 15.3 Å². The number of hydrogen-bond donors (Lipinski definition) is 1. The highest BCUT2D eigenvalue weighted by atomic mass is 32.2. The van der Waals surface area contributed by atoms with Gasteiger partial charge in [-0.25, -0.2) is 9.97 Å². The van der Waals surface area contributed by atoms with Gasteiger partial charge in [-0.1, -0.05) is 37.9 Å². The van der Waals surface area contributed by atoms with Crippen molar-refractivity contribution in [3.8, 4) is 0 Å². The van der Waals surface area contributed by atoms with E-state index in [4.69, 9.17) is 9.97 Å². The van der Waals surface area contributed by atoms with Crippen LogP contribution >= 0.6 is 23.1 Å². The second kappa shape index (κ2) is 7.94. The van der Waals surface area contributed by atoms with Gasteiger partial charge in [0.2, 0.25) is 5.91 Å². The molecule has 2 saturated carbocycles. The van der Waals surface area contributed by atoms with E-state index in [2.05, 4.69) is 12.2 Å². The summed E-state index contributed by atoms with van der Waals surface area (Å²) in [7, 11) is 0. The molecule has 1 atom stereocenters. The van der Waals surface area contributed by atoms with Crippen LogP contribution in [0.1, 0.15) is 80.5 Å². The van der Waals surface area contributed by atoms with Crippen molar-refractivity contribution >= 4 is 39.2 Å². The minimum absolute atomic E-state index is 0.161. The van der Waals surface area contributed by atoms with Crippen molar-refractivity contribution in [2.75, 3.05) is 5.75 Å². The van der Waals surface area contributed by atoms with E-state index in [0.29, 0.717) is 17.7 Å². The van der Waals surface area contributed by atoms with E-state index >= 15 is 0 Å². The normalized spacial score (nSPS) is 23.0. The Kier molecular flexibility index (Phi) is 5.35. The molecule has 1 N–H and O–H groups in total. The lowest BCUT2D eigenvalue weighted by Crippen LogP contribution is -2.37. The lowest BCUT2D eigenvalue weighted by atomic mass is 9.89. The lowest BCUT2D eigenvalue weighted by Gasteiger charge is -2.22. The molecule has 3 aliphatic carbocycles. The Morgan fingerprint density at radius 1 is 1.14 bits per heavy atom. The van der Waals surface area contributed by atoms with Crippen LogP contribution in [0.2, 0.25) is 0 Å². The maximum atomic E-state index is 12.5. The van der Waals surface area contributed by atoms with Gasteiger partial charge in [-0.15, -0.1) is 11.3 Å². The standard InChI is InChI=1S/C22H29N3OS2/c1-13-7-10-16-17(11-13)28-22-19(16)21(24-20(25-22)14-8-9-14)27-12-18(26)23-15-5-3-2-4-6-15/h13-15H,2-12H2,1H3,(H,23,26)/t13-/m1/s1. The highest BCUT2D eigenvalue weighted by Crippen LogP contribution is 2.44. The van der Waals surface area contributed by atoms with Crippen LogP contribution in [0.15, 0.2) is 5.03 Å². The number of nitrogens with one attached hydrogen (secondary N) is 1. The number of carbonyl (C=O) groups is 1. The minimum Gasteiger partial charge on any atom is -0.353 e. The summed E-state index contributed by atoms with van der Waals surface area (Å²) in [5.41, 5.74) is 1.47. The Labute approximate surface area is 175 Å². The molecule has 1 amide bonds. The SMILES string of the molecule is C[C@@H]1CCc2c(sc3nc(C4CC4)nc(SCC(=O)NC4CCCCC4)c23)C1. The van der Waals surface area contributed by atoms with Crippen molar-refractivity contribution in [3.05, 3.63) is 16.3 Å². The number of hydrogen-bond acceptors (Lipinski definition) is 5. The van der Waals surface area contributed by atoms with E-state index in [1.807, 2.05) is 11.3 Å². The quantitative estimate of drug-likeness (QED) is 0.536. The van der Waals surface area contributed by atoms with Crippen LogP contribution in [0.4, 0.5) is 0 Å². The van der Waals surface area contributed by atoms with Crippen molar-refractivity contribution in [2.45, 2.75) is 88.1 Å². The van der Waals surface area contributed by atoms with Crippen LogP contribution in [-0.2, 0) is 17.6 Å². The van der Waals surface area contributed by atoms with Gasteiger partial charge >= 0.3 is 0 Å². The molecule has 2 aromatic heterocycles. The molecule has 28 heavy (non-hydrogen) atoms. The van der Waals surface area contributed by atoms with Gasteiger partial charge in [0, 0.05) is 22.2 Å². The fourth-order valence-corrected chi connectivity index (χ4v) is 6.93. The first-order valence-electron chi connectivity index (χ1n) is 10.9. The zero-order valence-electron chi connectivity index (χ0n) is 16.6. The van der Waals surface area contributed by atoms with E-state index in [-0.39, 0.29) is 5.91 Å². The summed E-state index contributed by atoms with van der Waals surface area (Å²) < 4.78 is 0. The molecule has 3 aliphatic rings. The molecule has 0 aliphatic heterocycles. The van der Waals surface area contributed by atoms with Crippen molar-refractivity contribution in [1.29, 1.82) is 0 Å². The summed E-state index contributed by atoms with van der Waals surface area (Å²) >= 11 is 3.50. The Balaban J connectivity index is 1.38. The van der Waals surface area contributed by atoms with Crippen LogP contribution in [0.5, 0.6) is 0 Å². The summed E-state index contributed by atoms with van der Waals surface area (Å²) in [4.78, 5) is 25.1. The molecular weight excluding hydrogens is 386 g/mol. The highest BCUT2D eigenvalue weighted by Gasteiger charge is 2.30. The third kappa shape index (κ3) is 3.95. The van der Waals surface area contributed by atoms with Gasteiger partial charge in [0.25, 0.3) is 0 Å². The number of thioether (sulfide) groups is 1. The van der Waals surface area contributed by atoms with Gasteiger partial charge in [0.15, 0.2) is 0 Å². The van der Waals surface area contributed by atoms with Gasteiger partial charge in [0.1, 0.15) is 15.7 Å². The zero-order valence-corrected chi connectivity index (χ0v) is 18.3. The molecule has 0 unspecified atom stereocenters. The maximum Gasteiger partial charge on any atom is 0.230 e. The number of nitrogens with zero attached hydrogens (tertiary/aromatic N) is 2. The average molecular weight is 416 g/mol. The Hall–Kier alpha value is -1.14. The first kappa shape index (κ1) is 18.9. The topological polar surface area (TPSA) is 54.9 Å². The molecule has 5 rings (SSSR count). The van der Waals surface area contributed by atoms with Crippen LogP contribution < -0.4 is 5.32 Å². The van der Waals surface area contributed by atoms with Gasteiger partial charge < -0.3 is 5.32 Å². The predicted molar refractivity (Wildman–Crippen MR) is 116 cm³/mol. The van der Waals surface area contributed by atoms with Crippen LogP contribution in [0, 0.1) is 5.92 Å². The predicted octanol–water partition coefficient (Wildman–Crippen LogP) is 5.23. The molecule has 0 spiro atoms. The molecule has 6 heteroatoms. The smallest absolute Gasteiger partial charge is 0.230 e. The van der Waals surface area contributed by atoms with Crippen LogP contribution in [-0.4, -0.2) is 27.7 Å². The lowest BCUT2D eigenvalue weighted by molar-refractivity contribution is -0.119. The average Bonchev–Trinajstić information content (AvgIpc) is 3.47. The fraction of sp³-hybridized carbons (Fsp3) is 0.682. The number of thiophene rings is 1. The molecule has 0 saturated heterocycles. The number of aryl methyl sites for hydroxylation is 1. The largest absolute Gasteiger partial charge is 0.353 e. The summed E-state index contributed by atoms with van der Waals surface area (Å²) in [6.07, 6.45) is 12.0. The van der Waals surface area contributed by atoms with Crippen LogP contribution in [0.25, 0.3) is 10.2 Å². The first-order valence-corrected chi connectivity index (χ1v) is 12.7. The second-order valence-corrected chi connectivity index (χ2v) is 10.9. The number of amides is 1. The Morgan fingerprint density at radius 3 is 2.75 bits per heavy atom. The number of rotatable bonds is 5. The maximum absolute atomic E-state index is 12.5. The van der Waals surface area contributed by atoms with Crippen molar-refractivity contribution < 1.29 is 4.79 Å². The molecule has 0 bridgehead atoms. The zero-order chi connectivity index (χ0) is 19.1. The van der Waals surface area contributed by atoms with Crippen molar-refractivity contribution in [3.63, 3.8) is 0 Å².